The fraction of sp³-hybridized carbons (Fsp3) is 0.143. The van der Waals surface area contributed by atoms with E-state index >= 15 is 0 Å². The van der Waals surface area contributed by atoms with E-state index < -0.39 is 0 Å². The number of benzene rings is 2. The Balaban J connectivity index is 0.000000128. The maximum absolute atomic E-state index is 12.0. The molecule has 2 aromatic rings. The monoisotopic (exact) mass is 230 g/mol. The minimum atomic E-state index is -0.251. The van der Waals surface area contributed by atoms with Crippen LogP contribution in [0.5, 0.6) is 0 Å². The summed E-state index contributed by atoms with van der Waals surface area (Å²) in [6.45, 7) is 1.11. The molecule has 0 radical (unpaired) electrons. The van der Waals surface area contributed by atoms with Crippen LogP contribution < -0.4 is 11.1 Å². The number of nitrogen functional groups attached to an aromatic ring is 1. The number of fused-ring (bicyclic) bond motifs is 1. The molecule has 2 nitrogen and oxygen atoms in total. The van der Waals surface area contributed by atoms with Gasteiger partial charge in [0, 0.05) is 17.9 Å². The Bertz CT molecular complexity index is 436. The molecule has 0 fully saturated rings. The second kappa shape index (κ2) is 5.34. The van der Waals surface area contributed by atoms with Crippen LogP contribution >= 0.6 is 0 Å². The van der Waals surface area contributed by atoms with E-state index in [9.17, 15) is 4.39 Å². The molecule has 3 N–H and O–H groups in total. The third-order valence-corrected chi connectivity index (χ3v) is 2.60. The largest absolute Gasteiger partial charge is 0.399 e. The Hall–Kier alpha value is -2.03. The SMILES string of the molecule is Nc1ccc(F)cc1.c1ccc2c(c1)CCN2. The zero-order valence-corrected chi connectivity index (χ0v) is 9.49. The number of halogens is 1. The molecule has 0 aliphatic carbocycles. The van der Waals surface area contributed by atoms with Crippen molar-refractivity contribution in [3.8, 4) is 0 Å². The summed E-state index contributed by atoms with van der Waals surface area (Å²) in [5.41, 5.74) is 8.62. The van der Waals surface area contributed by atoms with Gasteiger partial charge < -0.3 is 11.1 Å². The third-order valence-electron chi connectivity index (χ3n) is 2.60. The summed E-state index contributed by atoms with van der Waals surface area (Å²) in [5.74, 6) is -0.251. The number of para-hydroxylation sites is 1. The Kier molecular flexibility index (Phi) is 3.60. The molecule has 3 heteroatoms. The Morgan fingerprint density at radius 3 is 2.35 bits per heavy atom. The lowest BCUT2D eigenvalue weighted by molar-refractivity contribution is 0.628. The molecule has 0 amide bonds. The van der Waals surface area contributed by atoms with Crippen molar-refractivity contribution in [2.45, 2.75) is 6.42 Å². The summed E-state index contributed by atoms with van der Waals surface area (Å²) < 4.78 is 12.0. The maximum atomic E-state index is 12.0. The van der Waals surface area contributed by atoms with Gasteiger partial charge in [0.2, 0.25) is 0 Å². The predicted molar refractivity (Wildman–Crippen MR) is 69.4 cm³/mol. The van der Waals surface area contributed by atoms with Gasteiger partial charge in [0.15, 0.2) is 0 Å². The van der Waals surface area contributed by atoms with E-state index in [2.05, 4.69) is 29.6 Å². The van der Waals surface area contributed by atoms with Crippen LogP contribution in [-0.2, 0) is 6.42 Å². The minimum Gasteiger partial charge on any atom is -0.399 e. The van der Waals surface area contributed by atoms with Gasteiger partial charge in [0.05, 0.1) is 0 Å². The topological polar surface area (TPSA) is 38.0 Å². The number of rotatable bonds is 0. The normalized spacial score (nSPS) is 12.1. The molecule has 0 aromatic heterocycles. The molecule has 0 spiro atoms. The minimum absolute atomic E-state index is 0.251. The highest BCUT2D eigenvalue weighted by Crippen LogP contribution is 2.19. The Labute approximate surface area is 100 Å². The summed E-state index contributed by atoms with van der Waals surface area (Å²) >= 11 is 0. The quantitative estimate of drug-likeness (QED) is 0.683. The molecule has 0 saturated heterocycles. The van der Waals surface area contributed by atoms with E-state index in [1.165, 1.54) is 41.9 Å². The summed E-state index contributed by atoms with van der Waals surface area (Å²) in [4.78, 5) is 0. The van der Waals surface area contributed by atoms with Gasteiger partial charge in [-0.1, -0.05) is 18.2 Å². The highest BCUT2D eigenvalue weighted by molar-refractivity contribution is 5.54. The fourth-order valence-electron chi connectivity index (χ4n) is 1.71. The lowest BCUT2D eigenvalue weighted by Crippen LogP contribution is -1.90. The van der Waals surface area contributed by atoms with Crippen LogP contribution in [-0.4, -0.2) is 6.54 Å². The van der Waals surface area contributed by atoms with Gasteiger partial charge in [-0.2, -0.15) is 0 Å². The van der Waals surface area contributed by atoms with E-state index in [4.69, 9.17) is 5.73 Å². The third kappa shape index (κ3) is 3.21. The van der Waals surface area contributed by atoms with Crippen LogP contribution in [0.3, 0.4) is 0 Å². The summed E-state index contributed by atoms with van der Waals surface area (Å²) in [6.07, 6.45) is 1.19. The first-order valence-electron chi connectivity index (χ1n) is 5.58. The lowest BCUT2D eigenvalue weighted by Gasteiger charge is -1.94. The van der Waals surface area contributed by atoms with Gasteiger partial charge in [-0.15, -0.1) is 0 Å². The second-order valence-electron chi connectivity index (χ2n) is 3.89. The summed E-state index contributed by atoms with van der Waals surface area (Å²) in [7, 11) is 0. The van der Waals surface area contributed by atoms with Crippen LogP contribution in [0.15, 0.2) is 48.5 Å². The number of nitrogens with one attached hydrogen (secondary N) is 1. The molecule has 0 atom stereocenters. The van der Waals surface area contributed by atoms with Crippen molar-refractivity contribution in [1.82, 2.24) is 0 Å². The Morgan fingerprint density at radius 1 is 1.00 bits per heavy atom. The van der Waals surface area contributed by atoms with E-state index in [-0.39, 0.29) is 5.82 Å². The number of hydrogen-bond donors (Lipinski definition) is 2. The molecule has 17 heavy (non-hydrogen) atoms. The van der Waals surface area contributed by atoms with E-state index in [0.717, 1.165) is 6.54 Å². The maximum Gasteiger partial charge on any atom is 0.123 e. The average molecular weight is 230 g/mol. The molecule has 0 bridgehead atoms. The number of nitrogens with two attached hydrogens (primary N) is 1. The predicted octanol–water partition coefficient (Wildman–Crippen LogP) is 3.06. The molecule has 0 unspecified atom stereocenters. The first-order chi connectivity index (χ1) is 8.25. The van der Waals surface area contributed by atoms with Gasteiger partial charge in [-0.3, -0.25) is 0 Å². The van der Waals surface area contributed by atoms with Crippen LogP contribution in [0.2, 0.25) is 0 Å². The first-order valence-corrected chi connectivity index (χ1v) is 5.58. The smallest absolute Gasteiger partial charge is 0.123 e. The molecule has 88 valence electrons. The molecule has 3 rings (SSSR count). The zero-order chi connectivity index (χ0) is 12.1. The highest BCUT2D eigenvalue weighted by atomic mass is 19.1. The first kappa shape index (κ1) is 11.5. The molecule has 0 saturated carbocycles. The van der Waals surface area contributed by atoms with E-state index in [1.54, 1.807) is 0 Å². The average Bonchev–Trinajstić information content (AvgIpc) is 2.82. The second-order valence-corrected chi connectivity index (χ2v) is 3.89. The number of hydrogen-bond acceptors (Lipinski definition) is 2. The molecule has 1 aliphatic rings. The van der Waals surface area contributed by atoms with E-state index in [0.29, 0.717) is 5.69 Å². The number of anilines is 2. The van der Waals surface area contributed by atoms with Crippen LogP contribution in [0, 0.1) is 5.82 Å². The van der Waals surface area contributed by atoms with Crippen LogP contribution in [0.4, 0.5) is 15.8 Å². The van der Waals surface area contributed by atoms with Gasteiger partial charge in [-0.25, -0.2) is 4.39 Å². The van der Waals surface area contributed by atoms with Gasteiger partial charge in [0.25, 0.3) is 0 Å². The van der Waals surface area contributed by atoms with Crippen molar-refractivity contribution in [2.24, 2.45) is 0 Å². The standard InChI is InChI=1S/C8H9N.C6H6FN/c1-2-4-8-7(3-1)5-6-9-8;7-5-1-3-6(8)4-2-5/h1-4,9H,5-6H2;1-4H,8H2. The van der Waals surface area contributed by atoms with E-state index in [1.807, 2.05) is 0 Å². The van der Waals surface area contributed by atoms with Gasteiger partial charge in [0.1, 0.15) is 5.82 Å². The molecule has 1 heterocycles. The van der Waals surface area contributed by atoms with Crippen molar-refractivity contribution in [1.29, 1.82) is 0 Å². The molecular formula is C14H15FN2. The Morgan fingerprint density at radius 2 is 1.71 bits per heavy atom. The van der Waals surface area contributed by atoms with Crippen LogP contribution in [0.25, 0.3) is 0 Å². The van der Waals surface area contributed by atoms with Crippen LogP contribution in [0.1, 0.15) is 5.56 Å². The fourth-order valence-corrected chi connectivity index (χ4v) is 1.71. The highest BCUT2D eigenvalue weighted by Gasteiger charge is 2.05. The van der Waals surface area contributed by atoms with Crippen molar-refractivity contribution in [3.05, 3.63) is 59.9 Å². The summed E-state index contributed by atoms with van der Waals surface area (Å²) in [5, 5.41) is 3.30. The molecule has 1 aliphatic heterocycles. The van der Waals surface area contributed by atoms with Crippen molar-refractivity contribution >= 4 is 11.4 Å². The van der Waals surface area contributed by atoms with Gasteiger partial charge >= 0.3 is 0 Å². The zero-order valence-electron chi connectivity index (χ0n) is 9.49. The summed E-state index contributed by atoms with van der Waals surface area (Å²) in [6, 6.07) is 14.2. The molecular weight excluding hydrogens is 215 g/mol. The van der Waals surface area contributed by atoms with Crippen molar-refractivity contribution < 1.29 is 4.39 Å². The van der Waals surface area contributed by atoms with Crippen molar-refractivity contribution in [2.75, 3.05) is 17.6 Å². The molecule has 2 aromatic carbocycles. The van der Waals surface area contributed by atoms with Crippen molar-refractivity contribution in [3.63, 3.8) is 0 Å². The van der Waals surface area contributed by atoms with Gasteiger partial charge in [-0.05, 0) is 42.3 Å². The lowest BCUT2D eigenvalue weighted by atomic mass is 10.2.